The Balaban J connectivity index is 3.28. The summed E-state index contributed by atoms with van der Waals surface area (Å²) >= 11 is 0. The maximum absolute atomic E-state index is 11.3. The zero-order valence-corrected chi connectivity index (χ0v) is 12.0. The smallest absolute Gasteiger partial charge is 0.305 e. The molecular formula is C14H18O6. The molecule has 0 saturated heterocycles. The number of hydrogen-bond acceptors (Lipinski definition) is 6. The van der Waals surface area contributed by atoms with E-state index in [1.807, 2.05) is 0 Å². The third kappa shape index (κ3) is 3.20. The molecule has 0 saturated carbocycles. The number of esters is 1. The molecule has 0 radical (unpaired) electrons. The topological polar surface area (TPSA) is 71.1 Å². The first-order chi connectivity index (χ1) is 9.62. The number of rotatable bonds is 7. The van der Waals surface area contributed by atoms with Gasteiger partial charge in [0.15, 0.2) is 17.8 Å². The van der Waals surface area contributed by atoms with Gasteiger partial charge in [0.05, 0.1) is 34.0 Å². The first kappa shape index (κ1) is 15.8. The lowest BCUT2D eigenvalue weighted by atomic mass is 10.0. The largest absolute Gasteiger partial charge is 0.493 e. The van der Waals surface area contributed by atoms with Gasteiger partial charge in [0, 0.05) is 6.42 Å². The van der Waals surface area contributed by atoms with Crippen LogP contribution in [0, 0.1) is 0 Å². The second-order valence-corrected chi connectivity index (χ2v) is 3.91. The number of carbonyl (C=O) groups is 2. The molecule has 110 valence electrons. The molecule has 0 aliphatic heterocycles. The quantitative estimate of drug-likeness (QED) is 0.559. The highest BCUT2D eigenvalue weighted by molar-refractivity contribution is 5.85. The van der Waals surface area contributed by atoms with Crippen molar-refractivity contribution in [1.29, 1.82) is 0 Å². The molecule has 0 amide bonds. The molecule has 0 aliphatic carbocycles. The van der Waals surface area contributed by atoms with E-state index in [-0.39, 0.29) is 12.4 Å². The third-order valence-electron chi connectivity index (χ3n) is 2.90. The zero-order chi connectivity index (χ0) is 15.1. The summed E-state index contributed by atoms with van der Waals surface area (Å²) in [6.07, 6.45) is 1.18. The first-order valence-corrected chi connectivity index (χ1v) is 5.96. The lowest BCUT2D eigenvalue weighted by Crippen LogP contribution is -2.06. The minimum atomic E-state index is -0.351. The molecule has 1 aromatic rings. The van der Waals surface area contributed by atoms with Gasteiger partial charge < -0.3 is 18.9 Å². The number of aldehydes is 1. The average Bonchev–Trinajstić information content (AvgIpc) is 2.50. The van der Waals surface area contributed by atoms with Crippen LogP contribution in [0.5, 0.6) is 17.2 Å². The van der Waals surface area contributed by atoms with E-state index in [4.69, 9.17) is 14.2 Å². The maximum atomic E-state index is 11.3. The van der Waals surface area contributed by atoms with Gasteiger partial charge in [-0.15, -0.1) is 0 Å². The second kappa shape index (κ2) is 7.37. The van der Waals surface area contributed by atoms with E-state index < -0.39 is 0 Å². The van der Waals surface area contributed by atoms with Crippen LogP contribution in [0.4, 0.5) is 0 Å². The standard InChI is InChI=1S/C14H18O6/c1-17-11-7-9(5-6-12(16)18-2)10(8-15)13(19-3)14(11)20-4/h7-8H,5-6H2,1-4H3. The molecule has 20 heavy (non-hydrogen) atoms. The molecule has 6 nitrogen and oxygen atoms in total. The van der Waals surface area contributed by atoms with Crippen molar-refractivity contribution in [3.63, 3.8) is 0 Å². The van der Waals surface area contributed by atoms with Gasteiger partial charge in [-0.1, -0.05) is 0 Å². The van der Waals surface area contributed by atoms with E-state index in [2.05, 4.69) is 4.74 Å². The molecule has 0 atom stereocenters. The molecule has 0 heterocycles. The molecule has 0 aromatic heterocycles. The van der Waals surface area contributed by atoms with Gasteiger partial charge in [-0.25, -0.2) is 0 Å². The summed E-state index contributed by atoms with van der Waals surface area (Å²) in [5.41, 5.74) is 0.981. The van der Waals surface area contributed by atoms with Gasteiger partial charge in [0.2, 0.25) is 5.75 Å². The molecular weight excluding hydrogens is 264 g/mol. The number of aryl methyl sites for hydroxylation is 1. The highest BCUT2D eigenvalue weighted by Crippen LogP contribution is 2.41. The van der Waals surface area contributed by atoms with Gasteiger partial charge in [-0.3, -0.25) is 9.59 Å². The molecule has 0 unspecified atom stereocenters. The summed E-state index contributed by atoms with van der Waals surface area (Å²) in [5, 5.41) is 0. The van der Waals surface area contributed by atoms with E-state index in [1.165, 1.54) is 28.4 Å². The van der Waals surface area contributed by atoms with Crippen LogP contribution in [0.15, 0.2) is 6.07 Å². The number of hydrogen-bond donors (Lipinski definition) is 0. The number of benzene rings is 1. The number of methoxy groups -OCH3 is 4. The summed E-state index contributed by atoms with van der Waals surface area (Å²) < 4.78 is 20.2. The van der Waals surface area contributed by atoms with E-state index in [0.717, 1.165) is 0 Å². The average molecular weight is 282 g/mol. The van der Waals surface area contributed by atoms with E-state index >= 15 is 0 Å². The molecule has 6 heteroatoms. The van der Waals surface area contributed by atoms with Crippen LogP contribution in [0.25, 0.3) is 0 Å². The van der Waals surface area contributed by atoms with Crippen LogP contribution in [-0.4, -0.2) is 40.7 Å². The number of carbonyl (C=O) groups excluding carboxylic acids is 2. The Morgan fingerprint density at radius 1 is 1.10 bits per heavy atom. The predicted octanol–water partition coefficient (Wildman–Crippen LogP) is 1.63. The molecule has 0 spiro atoms. The lowest BCUT2D eigenvalue weighted by molar-refractivity contribution is -0.140. The Labute approximate surface area is 117 Å². The van der Waals surface area contributed by atoms with Crippen LogP contribution in [0.2, 0.25) is 0 Å². The Morgan fingerprint density at radius 2 is 1.75 bits per heavy atom. The maximum Gasteiger partial charge on any atom is 0.305 e. The van der Waals surface area contributed by atoms with Crippen molar-refractivity contribution in [1.82, 2.24) is 0 Å². The monoisotopic (exact) mass is 282 g/mol. The molecule has 0 aliphatic rings. The zero-order valence-electron chi connectivity index (χ0n) is 12.0. The van der Waals surface area contributed by atoms with Gasteiger partial charge >= 0.3 is 5.97 Å². The van der Waals surface area contributed by atoms with Crippen molar-refractivity contribution in [2.75, 3.05) is 28.4 Å². The van der Waals surface area contributed by atoms with Crippen molar-refractivity contribution in [3.8, 4) is 17.2 Å². The van der Waals surface area contributed by atoms with Crippen molar-refractivity contribution >= 4 is 12.3 Å². The van der Waals surface area contributed by atoms with E-state index in [0.29, 0.717) is 41.1 Å². The molecule has 1 aromatic carbocycles. The predicted molar refractivity (Wildman–Crippen MR) is 71.8 cm³/mol. The number of ether oxygens (including phenoxy) is 4. The molecule has 0 N–H and O–H groups in total. The Morgan fingerprint density at radius 3 is 2.20 bits per heavy atom. The Hall–Kier alpha value is -2.24. The minimum absolute atomic E-state index is 0.163. The van der Waals surface area contributed by atoms with E-state index in [9.17, 15) is 9.59 Å². The fraction of sp³-hybridized carbons (Fsp3) is 0.429. The summed E-state index contributed by atoms with van der Waals surface area (Å²) in [7, 11) is 5.71. The molecule has 0 bridgehead atoms. The summed E-state index contributed by atoms with van der Waals surface area (Å²) in [4.78, 5) is 22.5. The van der Waals surface area contributed by atoms with Crippen LogP contribution < -0.4 is 14.2 Å². The minimum Gasteiger partial charge on any atom is -0.493 e. The van der Waals surface area contributed by atoms with Crippen molar-refractivity contribution in [2.45, 2.75) is 12.8 Å². The molecule has 0 fully saturated rings. The van der Waals surface area contributed by atoms with Crippen LogP contribution >= 0.6 is 0 Å². The van der Waals surface area contributed by atoms with Gasteiger partial charge in [0.1, 0.15) is 0 Å². The normalized spacial score (nSPS) is 9.80. The molecule has 1 rings (SSSR count). The van der Waals surface area contributed by atoms with Gasteiger partial charge in [-0.05, 0) is 18.1 Å². The first-order valence-electron chi connectivity index (χ1n) is 5.96. The van der Waals surface area contributed by atoms with E-state index in [1.54, 1.807) is 6.07 Å². The summed E-state index contributed by atoms with van der Waals surface area (Å²) in [5.74, 6) is 0.728. The van der Waals surface area contributed by atoms with Gasteiger partial charge in [0.25, 0.3) is 0 Å². The van der Waals surface area contributed by atoms with Crippen LogP contribution in [0.3, 0.4) is 0 Å². The highest BCUT2D eigenvalue weighted by Gasteiger charge is 2.20. The fourth-order valence-electron chi connectivity index (χ4n) is 1.90. The van der Waals surface area contributed by atoms with Crippen molar-refractivity contribution in [2.24, 2.45) is 0 Å². The summed E-state index contributed by atoms with van der Waals surface area (Å²) in [6.45, 7) is 0. The Kier molecular flexibility index (Phi) is 5.83. The van der Waals surface area contributed by atoms with Crippen LogP contribution in [0.1, 0.15) is 22.3 Å². The van der Waals surface area contributed by atoms with Crippen molar-refractivity contribution < 1.29 is 28.5 Å². The Bertz CT molecular complexity index is 495. The highest BCUT2D eigenvalue weighted by atomic mass is 16.5. The SMILES string of the molecule is COC(=O)CCc1cc(OC)c(OC)c(OC)c1C=O. The third-order valence-corrected chi connectivity index (χ3v) is 2.90. The fourth-order valence-corrected chi connectivity index (χ4v) is 1.90. The lowest BCUT2D eigenvalue weighted by Gasteiger charge is -2.16. The second-order valence-electron chi connectivity index (χ2n) is 3.91. The summed E-state index contributed by atoms with van der Waals surface area (Å²) in [6, 6.07) is 1.66. The van der Waals surface area contributed by atoms with Gasteiger partial charge in [-0.2, -0.15) is 0 Å². The van der Waals surface area contributed by atoms with Crippen molar-refractivity contribution in [3.05, 3.63) is 17.2 Å². The van der Waals surface area contributed by atoms with Crippen LogP contribution in [-0.2, 0) is 16.0 Å².